The normalized spacial score (nSPS) is 10.7. The lowest BCUT2D eigenvalue weighted by atomic mass is 10.1. The maximum atomic E-state index is 12.2. The standard InChI is InChI=1S/C18H16N2O2/c1-13-5-3-4-6-17(13)20-18(21)15(12-19)11-14-7-9-16(22-2)10-8-14/h3-11H,1-2H3,(H,20,21)/b15-11-. The Labute approximate surface area is 129 Å². The second-order valence-electron chi connectivity index (χ2n) is 4.71. The van der Waals surface area contributed by atoms with Gasteiger partial charge in [-0.15, -0.1) is 0 Å². The van der Waals surface area contributed by atoms with Crippen molar-refractivity contribution >= 4 is 17.7 Å². The number of nitriles is 1. The molecule has 2 rings (SSSR count). The highest BCUT2D eigenvalue weighted by molar-refractivity contribution is 6.09. The monoisotopic (exact) mass is 292 g/mol. The molecule has 0 saturated carbocycles. The number of anilines is 1. The summed E-state index contributed by atoms with van der Waals surface area (Å²) in [5.41, 5.74) is 2.45. The lowest BCUT2D eigenvalue weighted by Crippen LogP contribution is -2.14. The fourth-order valence-corrected chi connectivity index (χ4v) is 1.92. The maximum absolute atomic E-state index is 12.2. The first-order chi connectivity index (χ1) is 10.6. The fourth-order valence-electron chi connectivity index (χ4n) is 1.92. The van der Waals surface area contributed by atoms with E-state index >= 15 is 0 Å². The van der Waals surface area contributed by atoms with Gasteiger partial charge < -0.3 is 10.1 Å². The number of nitrogens with zero attached hydrogens (tertiary/aromatic N) is 1. The third-order valence-corrected chi connectivity index (χ3v) is 3.19. The van der Waals surface area contributed by atoms with Crippen molar-refractivity contribution in [1.29, 1.82) is 5.26 Å². The minimum absolute atomic E-state index is 0.0495. The number of hydrogen-bond acceptors (Lipinski definition) is 3. The molecule has 0 saturated heterocycles. The average Bonchev–Trinajstić information content (AvgIpc) is 2.55. The van der Waals surface area contributed by atoms with Gasteiger partial charge in [0.15, 0.2) is 0 Å². The first-order valence-electron chi connectivity index (χ1n) is 6.77. The minimum atomic E-state index is -0.424. The van der Waals surface area contributed by atoms with Crippen LogP contribution >= 0.6 is 0 Å². The van der Waals surface area contributed by atoms with Crippen LogP contribution in [0.2, 0.25) is 0 Å². The van der Waals surface area contributed by atoms with Crippen LogP contribution in [-0.4, -0.2) is 13.0 Å². The van der Waals surface area contributed by atoms with Gasteiger partial charge in [0.2, 0.25) is 0 Å². The van der Waals surface area contributed by atoms with Crippen LogP contribution in [0.5, 0.6) is 5.75 Å². The summed E-state index contributed by atoms with van der Waals surface area (Å²) in [6.45, 7) is 1.90. The number of hydrogen-bond donors (Lipinski definition) is 1. The molecule has 1 amide bonds. The molecule has 2 aromatic carbocycles. The van der Waals surface area contributed by atoms with Gasteiger partial charge in [-0.2, -0.15) is 5.26 Å². The number of methoxy groups -OCH3 is 1. The van der Waals surface area contributed by atoms with Crippen LogP contribution in [0.1, 0.15) is 11.1 Å². The summed E-state index contributed by atoms with van der Waals surface area (Å²) >= 11 is 0. The van der Waals surface area contributed by atoms with Crippen molar-refractivity contribution < 1.29 is 9.53 Å². The van der Waals surface area contributed by atoms with E-state index in [0.717, 1.165) is 16.9 Å². The second-order valence-corrected chi connectivity index (χ2v) is 4.71. The smallest absolute Gasteiger partial charge is 0.266 e. The number of amides is 1. The second kappa shape index (κ2) is 7.09. The SMILES string of the molecule is COc1ccc(/C=C(/C#N)C(=O)Nc2ccccc2C)cc1. The van der Waals surface area contributed by atoms with Gasteiger partial charge in [0, 0.05) is 5.69 Å². The van der Waals surface area contributed by atoms with Crippen LogP contribution in [0.15, 0.2) is 54.1 Å². The Kier molecular flexibility index (Phi) is 4.94. The molecule has 0 unspecified atom stereocenters. The average molecular weight is 292 g/mol. The molecule has 110 valence electrons. The van der Waals surface area contributed by atoms with Crippen molar-refractivity contribution in [2.24, 2.45) is 0 Å². The molecule has 0 atom stereocenters. The summed E-state index contributed by atoms with van der Waals surface area (Å²) < 4.78 is 5.08. The largest absolute Gasteiger partial charge is 0.497 e. The zero-order chi connectivity index (χ0) is 15.9. The lowest BCUT2D eigenvalue weighted by Gasteiger charge is -2.07. The first-order valence-corrected chi connectivity index (χ1v) is 6.77. The number of ether oxygens (including phenoxy) is 1. The molecule has 22 heavy (non-hydrogen) atoms. The van der Waals surface area contributed by atoms with E-state index in [9.17, 15) is 10.1 Å². The van der Waals surface area contributed by atoms with E-state index in [4.69, 9.17) is 4.74 Å². The van der Waals surface area contributed by atoms with E-state index in [1.165, 1.54) is 0 Å². The number of rotatable bonds is 4. The van der Waals surface area contributed by atoms with Crippen molar-refractivity contribution in [2.75, 3.05) is 12.4 Å². The summed E-state index contributed by atoms with van der Waals surface area (Å²) in [5.74, 6) is 0.299. The molecule has 0 spiro atoms. The highest BCUT2D eigenvalue weighted by Gasteiger charge is 2.10. The third-order valence-electron chi connectivity index (χ3n) is 3.19. The Morgan fingerprint density at radius 3 is 2.45 bits per heavy atom. The maximum Gasteiger partial charge on any atom is 0.266 e. The van der Waals surface area contributed by atoms with Crippen LogP contribution in [0.4, 0.5) is 5.69 Å². The lowest BCUT2D eigenvalue weighted by molar-refractivity contribution is -0.112. The molecule has 0 heterocycles. The molecule has 0 fully saturated rings. The van der Waals surface area contributed by atoms with Crippen molar-refractivity contribution in [3.63, 3.8) is 0 Å². The predicted molar refractivity (Wildman–Crippen MR) is 86.4 cm³/mol. The first kappa shape index (κ1) is 15.3. The number of benzene rings is 2. The van der Waals surface area contributed by atoms with Gasteiger partial charge in [0.25, 0.3) is 5.91 Å². The minimum Gasteiger partial charge on any atom is -0.497 e. The number of para-hydroxylation sites is 1. The van der Waals surface area contributed by atoms with E-state index < -0.39 is 5.91 Å². The van der Waals surface area contributed by atoms with E-state index in [-0.39, 0.29) is 5.57 Å². The molecule has 0 bridgehead atoms. The summed E-state index contributed by atoms with van der Waals surface area (Å²) in [5, 5.41) is 12.0. The van der Waals surface area contributed by atoms with Gasteiger partial charge >= 0.3 is 0 Å². The molecule has 2 aromatic rings. The molecule has 0 aliphatic heterocycles. The van der Waals surface area contributed by atoms with E-state index in [0.29, 0.717) is 5.69 Å². The molecule has 0 aliphatic rings. The van der Waals surface area contributed by atoms with Crippen molar-refractivity contribution in [2.45, 2.75) is 6.92 Å². The molecular weight excluding hydrogens is 276 g/mol. The van der Waals surface area contributed by atoms with E-state index in [2.05, 4.69) is 5.32 Å². The van der Waals surface area contributed by atoms with E-state index in [1.54, 1.807) is 43.5 Å². The molecule has 4 nitrogen and oxygen atoms in total. The van der Waals surface area contributed by atoms with Gasteiger partial charge in [-0.1, -0.05) is 30.3 Å². The van der Waals surface area contributed by atoms with Crippen LogP contribution in [0, 0.1) is 18.3 Å². The summed E-state index contributed by atoms with van der Waals surface area (Å²) in [7, 11) is 1.58. The van der Waals surface area contributed by atoms with Crippen LogP contribution < -0.4 is 10.1 Å². The van der Waals surface area contributed by atoms with E-state index in [1.807, 2.05) is 31.2 Å². The fraction of sp³-hybridized carbons (Fsp3) is 0.111. The summed E-state index contributed by atoms with van der Waals surface area (Å²) in [6.07, 6.45) is 1.55. The Balaban J connectivity index is 2.20. The highest BCUT2D eigenvalue weighted by atomic mass is 16.5. The van der Waals surface area contributed by atoms with Gasteiger partial charge in [-0.05, 0) is 42.3 Å². The Morgan fingerprint density at radius 2 is 1.86 bits per heavy atom. The number of aryl methyl sites for hydroxylation is 1. The number of carbonyl (C=O) groups is 1. The number of carbonyl (C=O) groups excluding carboxylic acids is 1. The van der Waals surface area contributed by atoms with Gasteiger partial charge in [-0.25, -0.2) is 0 Å². The zero-order valence-electron chi connectivity index (χ0n) is 12.5. The van der Waals surface area contributed by atoms with Crippen LogP contribution in [0.25, 0.3) is 6.08 Å². The van der Waals surface area contributed by atoms with Crippen molar-refractivity contribution in [3.8, 4) is 11.8 Å². The molecule has 0 radical (unpaired) electrons. The zero-order valence-corrected chi connectivity index (χ0v) is 12.5. The quantitative estimate of drug-likeness (QED) is 0.692. The third kappa shape index (κ3) is 3.74. The van der Waals surface area contributed by atoms with Gasteiger partial charge in [-0.3, -0.25) is 4.79 Å². The van der Waals surface area contributed by atoms with Gasteiger partial charge in [0.1, 0.15) is 17.4 Å². The Morgan fingerprint density at radius 1 is 1.18 bits per heavy atom. The molecule has 4 heteroatoms. The Hall–Kier alpha value is -3.06. The summed E-state index contributed by atoms with van der Waals surface area (Å²) in [4.78, 5) is 12.2. The van der Waals surface area contributed by atoms with Crippen LogP contribution in [0.3, 0.4) is 0 Å². The van der Waals surface area contributed by atoms with Gasteiger partial charge in [0.05, 0.1) is 7.11 Å². The van der Waals surface area contributed by atoms with Crippen molar-refractivity contribution in [3.05, 3.63) is 65.2 Å². The predicted octanol–water partition coefficient (Wildman–Crippen LogP) is 3.55. The summed E-state index contributed by atoms with van der Waals surface area (Å²) in [6, 6.07) is 16.5. The Bertz CT molecular complexity index is 740. The molecule has 1 N–H and O–H groups in total. The molecule has 0 aliphatic carbocycles. The highest BCUT2D eigenvalue weighted by Crippen LogP contribution is 2.17. The molecule has 0 aromatic heterocycles. The molecular formula is C18H16N2O2. The number of nitrogens with one attached hydrogen (secondary N) is 1. The topological polar surface area (TPSA) is 62.1 Å². The van der Waals surface area contributed by atoms with Crippen LogP contribution in [-0.2, 0) is 4.79 Å². The van der Waals surface area contributed by atoms with Crippen molar-refractivity contribution in [1.82, 2.24) is 0 Å².